The summed E-state index contributed by atoms with van der Waals surface area (Å²) >= 11 is 0. The van der Waals surface area contributed by atoms with Crippen LogP contribution in [0.5, 0.6) is 0 Å². The second-order valence-electron chi connectivity index (χ2n) is 6.88. The van der Waals surface area contributed by atoms with E-state index in [1.807, 2.05) is 6.92 Å². The molecule has 2 aromatic rings. The average Bonchev–Trinajstić information content (AvgIpc) is 3.17. The molecule has 1 N–H and O–H groups in total. The van der Waals surface area contributed by atoms with Crippen molar-refractivity contribution in [2.75, 3.05) is 13.1 Å². The summed E-state index contributed by atoms with van der Waals surface area (Å²) in [5, 5.41) is 12.4. The highest BCUT2D eigenvalue weighted by molar-refractivity contribution is 5.24. The molecule has 2 aromatic heterocycles. The summed E-state index contributed by atoms with van der Waals surface area (Å²) in [4.78, 5) is 6.84. The predicted molar refractivity (Wildman–Crippen MR) is 96.2 cm³/mol. The maximum absolute atomic E-state index is 5.21. The van der Waals surface area contributed by atoms with Crippen molar-refractivity contribution < 1.29 is 4.52 Å². The quantitative estimate of drug-likeness (QED) is 0.829. The van der Waals surface area contributed by atoms with Crippen LogP contribution in [0.25, 0.3) is 0 Å². The second kappa shape index (κ2) is 8.10. The minimum absolute atomic E-state index is 0.495. The van der Waals surface area contributed by atoms with E-state index >= 15 is 0 Å². The fraction of sp³-hybridized carbons (Fsp3) is 0.722. The third-order valence-corrected chi connectivity index (χ3v) is 5.08. The van der Waals surface area contributed by atoms with E-state index in [1.165, 1.54) is 24.1 Å². The Morgan fingerprint density at radius 3 is 2.80 bits per heavy atom. The number of rotatable bonds is 7. The molecule has 3 rings (SSSR count). The maximum atomic E-state index is 5.21. The summed E-state index contributed by atoms with van der Waals surface area (Å²) in [5.74, 6) is 1.52. The van der Waals surface area contributed by atoms with Crippen LogP contribution in [0.2, 0.25) is 0 Å². The first-order chi connectivity index (χ1) is 12.1. The van der Waals surface area contributed by atoms with Gasteiger partial charge in [-0.1, -0.05) is 12.1 Å². The van der Waals surface area contributed by atoms with E-state index in [1.54, 1.807) is 0 Å². The lowest BCUT2D eigenvalue weighted by atomic mass is 10.0. The molecule has 3 heterocycles. The van der Waals surface area contributed by atoms with Crippen LogP contribution >= 0.6 is 0 Å². The molecular formula is C18H30N6O. The van der Waals surface area contributed by atoms with Crippen LogP contribution in [-0.2, 0) is 26.1 Å². The Kier molecular flexibility index (Phi) is 5.86. The van der Waals surface area contributed by atoms with Crippen molar-refractivity contribution in [2.24, 2.45) is 0 Å². The van der Waals surface area contributed by atoms with Gasteiger partial charge in [0.25, 0.3) is 0 Å². The van der Waals surface area contributed by atoms with E-state index in [4.69, 9.17) is 4.52 Å². The zero-order valence-corrected chi connectivity index (χ0v) is 15.9. The van der Waals surface area contributed by atoms with E-state index in [0.717, 1.165) is 56.6 Å². The van der Waals surface area contributed by atoms with Crippen LogP contribution in [0.3, 0.4) is 0 Å². The van der Waals surface area contributed by atoms with Crippen molar-refractivity contribution in [1.29, 1.82) is 0 Å². The van der Waals surface area contributed by atoms with Gasteiger partial charge in [-0.05, 0) is 40.2 Å². The lowest BCUT2D eigenvalue weighted by molar-refractivity contribution is 0.177. The van der Waals surface area contributed by atoms with Gasteiger partial charge in [0.1, 0.15) is 0 Å². The number of piperidine rings is 1. The molecule has 1 aliphatic rings. The monoisotopic (exact) mass is 346 g/mol. The molecule has 1 unspecified atom stereocenters. The Bertz CT molecular complexity index is 692. The van der Waals surface area contributed by atoms with Gasteiger partial charge < -0.3 is 9.84 Å². The average molecular weight is 346 g/mol. The van der Waals surface area contributed by atoms with E-state index in [2.05, 4.69) is 50.9 Å². The van der Waals surface area contributed by atoms with E-state index in [9.17, 15) is 0 Å². The number of likely N-dealkylation sites (tertiary alicyclic amines) is 1. The van der Waals surface area contributed by atoms with Crippen LogP contribution in [-0.4, -0.2) is 44.0 Å². The zero-order chi connectivity index (χ0) is 17.8. The highest BCUT2D eigenvalue weighted by Gasteiger charge is 2.22. The van der Waals surface area contributed by atoms with Gasteiger partial charge in [0.2, 0.25) is 5.89 Å². The predicted octanol–water partition coefficient (Wildman–Crippen LogP) is 2.22. The Labute approximate surface area is 149 Å². The molecule has 7 heteroatoms. The summed E-state index contributed by atoms with van der Waals surface area (Å²) in [5.41, 5.74) is 3.75. The topological polar surface area (TPSA) is 72.0 Å². The summed E-state index contributed by atoms with van der Waals surface area (Å²) < 4.78 is 7.30. The van der Waals surface area contributed by atoms with Crippen molar-refractivity contribution in [2.45, 2.75) is 72.6 Å². The molecule has 0 aromatic carbocycles. The molecular weight excluding hydrogens is 316 g/mol. The molecule has 0 radical (unpaired) electrons. The molecule has 1 aliphatic heterocycles. The van der Waals surface area contributed by atoms with Crippen LogP contribution in [0.15, 0.2) is 4.52 Å². The van der Waals surface area contributed by atoms with Gasteiger partial charge in [0.15, 0.2) is 5.82 Å². The summed E-state index contributed by atoms with van der Waals surface area (Å²) in [6, 6.07) is 0.495. The molecule has 0 bridgehead atoms. The third-order valence-electron chi connectivity index (χ3n) is 5.08. The molecule has 25 heavy (non-hydrogen) atoms. The molecule has 0 amide bonds. The van der Waals surface area contributed by atoms with Crippen LogP contribution in [0, 0.1) is 13.8 Å². The van der Waals surface area contributed by atoms with E-state index in [0.29, 0.717) is 6.04 Å². The normalized spacial score (nSPS) is 18.8. The summed E-state index contributed by atoms with van der Waals surface area (Å²) in [7, 11) is 0. The molecule has 7 nitrogen and oxygen atoms in total. The lowest BCUT2D eigenvalue weighted by Crippen LogP contribution is -2.45. The van der Waals surface area contributed by atoms with Gasteiger partial charge in [-0.25, -0.2) is 0 Å². The van der Waals surface area contributed by atoms with Crippen molar-refractivity contribution in [3.63, 3.8) is 0 Å². The minimum atomic E-state index is 0.495. The van der Waals surface area contributed by atoms with Crippen LogP contribution in [0.4, 0.5) is 0 Å². The number of aryl methyl sites for hydroxylation is 3. The maximum Gasteiger partial charge on any atom is 0.226 e. The second-order valence-corrected chi connectivity index (χ2v) is 6.88. The number of aromatic nitrogens is 4. The first kappa shape index (κ1) is 18.1. The summed E-state index contributed by atoms with van der Waals surface area (Å²) in [6.45, 7) is 13.1. The first-order valence-corrected chi connectivity index (χ1v) is 9.40. The van der Waals surface area contributed by atoms with Gasteiger partial charge in [-0.2, -0.15) is 10.1 Å². The van der Waals surface area contributed by atoms with Crippen LogP contribution < -0.4 is 5.32 Å². The standard InChI is InChI=1S/C18H30N6O/c1-5-18-20-17(22-25-18)12-23-9-7-8-15(11-23)19-10-16-13(3)21-24(6-2)14(16)4/h15,19H,5-12H2,1-4H3. The first-order valence-electron chi connectivity index (χ1n) is 9.40. The van der Waals surface area contributed by atoms with E-state index in [-0.39, 0.29) is 0 Å². The minimum Gasteiger partial charge on any atom is -0.339 e. The SMILES string of the molecule is CCc1nc(CN2CCCC(NCc3c(C)nn(CC)c3C)C2)no1. The van der Waals surface area contributed by atoms with Gasteiger partial charge in [-0.15, -0.1) is 0 Å². The van der Waals surface area contributed by atoms with E-state index < -0.39 is 0 Å². The fourth-order valence-corrected chi connectivity index (χ4v) is 3.61. The Hall–Kier alpha value is -1.73. The Morgan fingerprint density at radius 2 is 2.12 bits per heavy atom. The van der Waals surface area contributed by atoms with Gasteiger partial charge >= 0.3 is 0 Å². The molecule has 138 valence electrons. The number of nitrogens with zero attached hydrogens (tertiary/aromatic N) is 5. The third kappa shape index (κ3) is 4.27. The highest BCUT2D eigenvalue weighted by atomic mass is 16.5. The lowest BCUT2D eigenvalue weighted by Gasteiger charge is -2.32. The number of hydrogen-bond donors (Lipinski definition) is 1. The molecule has 1 fully saturated rings. The number of nitrogens with one attached hydrogen (secondary N) is 1. The molecule has 0 aliphatic carbocycles. The molecule has 1 saturated heterocycles. The molecule has 0 spiro atoms. The van der Waals surface area contributed by atoms with Crippen LogP contribution in [0.1, 0.15) is 55.4 Å². The molecule has 0 saturated carbocycles. The Morgan fingerprint density at radius 1 is 1.28 bits per heavy atom. The Balaban J connectivity index is 1.54. The van der Waals surface area contributed by atoms with Gasteiger partial charge in [0, 0.05) is 43.4 Å². The molecule has 1 atom stereocenters. The van der Waals surface area contributed by atoms with Gasteiger partial charge in [-0.3, -0.25) is 9.58 Å². The zero-order valence-electron chi connectivity index (χ0n) is 15.9. The van der Waals surface area contributed by atoms with Crippen molar-refractivity contribution in [1.82, 2.24) is 30.1 Å². The van der Waals surface area contributed by atoms with Crippen molar-refractivity contribution in [3.8, 4) is 0 Å². The van der Waals surface area contributed by atoms with Crippen molar-refractivity contribution in [3.05, 3.63) is 28.7 Å². The number of hydrogen-bond acceptors (Lipinski definition) is 6. The summed E-state index contributed by atoms with van der Waals surface area (Å²) in [6.07, 6.45) is 3.20. The smallest absolute Gasteiger partial charge is 0.226 e. The fourth-order valence-electron chi connectivity index (χ4n) is 3.61. The van der Waals surface area contributed by atoms with Gasteiger partial charge in [0.05, 0.1) is 12.2 Å². The van der Waals surface area contributed by atoms with Crippen molar-refractivity contribution >= 4 is 0 Å². The highest BCUT2D eigenvalue weighted by Crippen LogP contribution is 2.16. The largest absolute Gasteiger partial charge is 0.339 e.